The molecule has 0 aliphatic carbocycles. The normalized spacial score (nSPS) is 18.8. The number of hydrogen-bond acceptors (Lipinski definition) is 3. The number of hydrogen-bond donors (Lipinski definition) is 0. The van der Waals surface area contributed by atoms with Crippen molar-refractivity contribution in [3.8, 4) is 0 Å². The number of alkyl halides is 1. The largest absolute Gasteiger partial charge is 0.293 e. The predicted octanol–water partition coefficient (Wildman–Crippen LogP) is 1.82. The van der Waals surface area contributed by atoms with Gasteiger partial charge in [-0.15, -0.1) is 11.6 Å². The molecule has 0 amide bonds. The molecule has 98 valence electrons. The molecule has 1 aromatic rings. The molecule has 0 bridgehead atoms. The Morgan fingerprint density at radius 1 is 1.50 bits per heavy atom. The lowest BCUT2D eigenvalue weighted by Crippen LogP contribution is -2.34. The maximum atomic E-state index is 11.7. The number of anilines is 1. The van der Waals surface area contributed by atoms with Gasteiger partial charge in [0.1, 0.15) is 0 Å². The number of fused-ring (bicyclic) bond motifs is 1. The highest BCUT2D eigenvalue weighted by Crippen LogP contribution is 2.34. The third kappa shape index (κ3) is 2.24. The zero-order valence-electron chi connectivity index (χ0n) is 10.2. The van der Waals surface area contributed by atoms with Gasteiger partial charge in [-0.1, -0.05) is 0 Å². The van der Waals surface area contributed by atoms with Crippen molar-refractivity contribution < 1.29 is 13.2 Å². The molecule has 0 radical (unpaired) electrons. The first-order valence-corrected chi connectivity index (χ1v) is 7.94. The Labute approximate surface area is 112 Å². The molecule has 0 saturated heterocycles. The third-order valence-electron chi connectivity index (χ3n) is 3.03. The fourth-order valence-corrected chi connectivity index (χ4v) is 3.78. The van der Waals surface area contributed by atoms with Crippen LogP contribution >= 0.6 is 11.6 Å². The molecule has 1 aliphatic heterocycles. The Balaban J connectivity index is 2.48. The van der Waals surface area contributed by atoms with Crippen LogP contribution in [0, 0.1) is 0 Å². The average Bonchev–Trinajstić information content (AvgIpc) is 2.62. The summed E-state index contributed by atoms with van der Waals surface area (Å²) in [5.41, 5.74) is 2.08. The van der Waals surface area contributed by atoms with Gasteiger partial charge in [-0.3, -0.25) is 9.10 Å². The smallest absolute Gasteiger partial charge is 0.232 e. The maximum absolute atomic E-state index is 11.7. The van der Waals surface area contributed by atoms with E-state index in [-0.39, 0.29) is 17.7 Å². The predicted molar refractivity (Wildman–Crippen MR) is 72.0 cm³/mol. The van der Waals surface area contributed by atoms with Gasteiger partial charge in [-0.05, 0) is 37.1 Å². The first-order chi connectivity index (χ1) is 8.34. The van der Waals surface area contributed by atoms with Crippen LogP contribution in [0.4, 0.5) is 5.69 Å². The minimum atomic E-state index is -3.28. The first-order valence-electron chi connectivity index (χ1n) is 5.56. The van der Waals surface area contributed by atoms with Gasteiger partial charge in [0.15, 0.2) is 5.78 Å². The van der Waals surface area contributed by atoms with Crippen molar-refractivity contribution in [1.82, 2.24) is 0 Å². The van der Waals surface area contributed by atoms with Gasteiger partial charge in [0.2, 0.25) is 10.0 Å². The van der Waals surface area contributed by atoms with Crippen molar-refractivity contribution in [2.45, 2.75) is 19.4 Å². The molecule has 0 unspecified atom stereocenters. The van der Waals surface area contributed by atoms with Gasteiger partial charge in [0.25, 0.3) is 0 Å². The second-order valence-electron chi connectivity index (χ2n) is 4.51. The first kappa shape index (κ1) is 13.4. The standard InChI is InChI=1S/C12H14ClNO3S/c1-8-5-10-6-9(12(15)7-13)3-4-11(10)14(8)18(2,16)17/h3-4,6,8H,5,7H2,1-2H3/t8-/m0/s1. The van der Waals surface area contributed by atoms with Crippen molar-refractivity contribution >= 4 is 33.1 Å². The Morgan fingerprint density at radius 2 is 2.17 bits per heavy atom. The van der Waals surface area contributed by atoms with E-state index in [0.29, 0.717) is 17.7 Å². The Kier molecular flexibility index (Phi) is 3.38. The van der Waals surface area contributed by atoms with Crippen LogP contribution in [0.3, 0.4) is 0 Å². The Bertz CT molecular complexity index is 597. The molecule has 0 N–H and O–H groups in total. The molecule has 0 saturated carbocycles. The van der Waals surface area contributed by atoms with Crippen molar-refractivity contribution in [2.75, 3.05) is 16.4 Å². The Hall–Kier alpha value is -1.07. The number of halogens is 1. The zero-order chi connectivity index (χ0) is 13.5. The number of ketones is 1. The zero-order valence-corrected chi connectivity index (χ0v) is 11.8. The summed E-state index contributed by atoms with van der Waals surface area (Å²) >= 11 is 5.51. The molecule has 1 heterocycles. The number of Topliss-reactive ketones (excluding diaryl/α,β-unsaturated/α-hetero) is 1. The van der Waals surface area contributed by atoms with Crippen LogP contribution in [0.15, 0.2) is 18.2 Å². The van der Waals surface area contributed by atoms with Gasteiger partial charge in [-0.25, -0.2) is 8.42 Å². The van der Waals surface area contributed by atoms with E-state index < -0.39 is 10.0 Å². The van der Waals surface area contributed by atoms with E-state index in [1.54, 1.807) is 18.2 Å². The van der Waals surface area contributed by atoms with E-state index >= 15 is 0 Å². The quantitative estimate of drug-likeness (QED) is 0.629. The SMILES string of the molecule is C[C@H]1Cc2cc(C(=O)CCl)ccc2N1S(C)(=O)=O. The third-order valence-corrected chi connectivity index (χ3v) is 4.55. The highest BCUT2D eigenvalue weighted by atomic mass is 35.5. The monoisotopic (exact) mass is 287 g/mol. The van der Waals surface area contributed by atoms with E-state index in [2.05, 4.69) is 0 Å². The summed E-state index contributed by atoms with van der Waals surface area (Å²) in [5.74, 6) is -0.214. The number of carbonyl (C=O) groups is 1. The maximum Gasteiger partial charge on any atom is 0.232 e. The molecular weight excluding hydrogens is 274 g/mol. The summed E-state index contributed by atoms with van der Waals surface area (Å²) in [7, 11) is -3.28. The molecule has 0 fully saturated rings. The van der Waals surface area contributed by atoms with Gasteiger partial charge in [0.05, 0.1) is 17.8 Å². The van der Waals surface area contributed by atoms with Gasteiger partial charge in [0, 0.05) is 11.6 Å². The van der Waals surface area contributed by atoms with E-state index in [1.165, 1.54) is 10.6 Å². The average molecular weight is 288 g/mol. The summed E-state index contributed by atoms with van der Waals surface area (Å²) in [6.45, 7) is 1.85. The molecule has 0 spiro atoms. The number of rotatable bonds is 3. The van der Waals surface area contributed by atoms with Gasteiger partial charge < -0.3 is 0 Å². The summed E-state index contributed by atoms with van der Waals surface area (Å²) in [6.07, 6.45) is 1.81. The topological polar surface area (TPSA) is 54.5 Å². The second kappa shape index (κ2) is 4.55. The van der Waals surface area contributed by atoms with Gasteiger partial charge >= 0.3 is 0 Å². The molecule has 1 aromatic carbocycles. The fourth-order valence-electron chi connectivity index (χ4n) is 2.36. The number of carbonyl (C=O) groups excluding carboxylic acids is 1. The molecular formula is C12H14ClNO3S. The molecule has 18 heavy (non-hydrogen) atoms. The van der Waals surface area contributed by atoms with E-state index in [9.17, 15) is 13.2 Å². The lowest BCUT2D eigenvalue weighted by Gasteiger charge is -2.21. The highest BCUT2D eigenvalue weighted by Gasteiger charge is 2.32. The van der Waals surface area contributed by atoms with Crippen molar-refractivity contribution in [1.29, 1.82) is 0 Å². The molecule has 2 rings (SSSR count). The van der Waals surface area contributed by atoms with Crippen LogP contribution in [0.5, 0.6) is 0 Å². The Morgan fingerprint density at radius 3 is 2.72 bits per heavy atom. The molecule has 1 atom stereocenters. The van der Waals surface area contributed by atoms with Crippen molar-refractivity contribution in [2.24, 2.45) is 0 Å². The van der Waals surface area contributed by atoms with Crippen LogP contribution in [0.2, 0.25) is 0 Å². The number of sulfonamides is 1. The van der Waals surface area contributed by atoms with E-state index in [0.717, 1.165) is 5.56 Å². The molecule has 1 aliphatic rings. The summed E-state index contributed by atoms with van der Waals surface area (Å²) in [6, 6.07) is 4.93. The van der Waals surface area contributed by atoms with Gasteiger partial charge in [-0.2, -0.15) is 0 Å². The number of benzene rings is 1. The van der Waals surface area contributed by atoms with Crippen LogP contribution < -0.4 is 4.31 Å². The minimum absolute atomic E-state index is 0.0653. The lowest BCUT2D eigenvalue weighted by atomic mass is 10.0. The number of nitrogens with zero attached hydrogens (tertiary/aromatic N) is 1. The molecule has 4 nitrogen and oxygen atoms in total. The van der Waals surface area contributed by atoms with Crippen LogP contribution in [0.25, 0.3) is 0 Å². The van der Waals surface area contributed by atoms with E-state index in [1.807, 2.05) is 6.92 Å². The van der Waals surface area contributed by atoms with Crippen LogP contribution in [-0.4, -0.2) is 32.4 Å². The van der Waals surface area contributed by atoms with Crippen LogP contribution in [0.1, 0.15) is 22.8 Å². The van der Waals surface area contributed by atoms with Crippen LogP contribution in [-0.2, 0) is 16.4 Å². The summed E-state index contributed by atoms with van der Waals surface area (Å²) in [5, 5.41) is 0. The highest BCUT2D eigenvalue weighted by molar-refractivity contribution is 7.92. The minimum Gasteiger partial charge on any atom is -0.293 e. The van der Waals surface area contributed by atoms with Crippen molar-refractivity contribution in [3.63, 3.8) is 0 Å². The molecule has 6 heteroatoms. The van der Waals surface area contributed by atoms with E-state index in [4.69, 9.17) is 11.6 Å². The second-order valence-corrected chi connectivity index (χ2v) is 6.64. The van der Waals surface area contributed by atoms with Crippen molar-refractivity contribution in [3.05, 3.63) is 29.3 Å². The molecule has 0 aromatic heterocycles. The lowest BCUT2D eigenvalue weighted by molar-refractivity contribution is 0.102. The summed E-state index contributed by atoms with van der Waals surface area (Å²) < 4.78 is 24.8. The summed E-state index contributed by atoms with van der Waals surface area (Å²) in [4.78, 5) is 11.5. The fraction of sp³-hybridized carbons (Fsp3) is 0.417.